The summed E-state index contributed by atoms with van der Waals surface area (Å²) >= 11 is 0. The highest BCUT2D eigenvalue weighted by atomic mass is 19.1. The Balaban J connectivity index is 1.88. The molecule has 7 nitrogen and oxygen atoms in total. The van der Waals surface area contributed by atoms with E-state index in [1.165, 1.54) is 0 Å². The minimum atomic E-state index is -1.11. The maximum Gasteiger partial charge on any atom is 0.340 e. The lowest BCUT2D eigenvalue weighted by Crippen LogP contribution is -2.36. The number of benzene rings is 2. The normalized spacial score (nSPS) is 13.7. The minimum absolute atomic E-state index is 0.00514. The average molecular weight is 401 g/mol. The average Bonchev–Trinajstić information content (AvgIpc) is 2.69. The largest absolute Gasteiger partial charge is 0.465 e. The molecule has 1 aliphatic rings. The molecule has 2 amide bonds. The van der Waals surface area contributed by atoms with Crippen LogP contribution in [0.5, 0.6) is 0 Å². The first-order chi connectivity index (χ1) is 13.8. The number of amides is 2. The molecule has 29 heavy (non-hydrogen) atoms. The molecule has 0 unspecified atom stereocenters. The fourth-order valence-electron chi connectivity index (χ4n) is 2.78. The van der Waals surface area contributed by atoms with E-state index in [1.807, 2.05) is 13.0 Å². The molecule has 0 fully saturated rings. The van der Waals surface area contributed by atoms with Gasteiger partial charge in [0.15, 0.2) is 0 Å². The Morgan fingerprint density at radius 2 is 1.90 bits per heavy atom. The lowest BCUT2D eigenvalue weighted by Gasteiger charge is -2.23. The van der Waals surface area contributed by atoms with Gasteiger partial charge in [-0.25, -0.2) is 18.6 Å². The third-order valence-corrected chi connectivity index (χ3v) is 4.25. The first-order valence-corrected chi connectivity index (χ1v) is 8.66. The number of esters is 1. The lowest BCUT2D eigenvalue weighted by molar-refractivity contribution is -0.118. The zero-order valence-electron chi connectivity index (χ0n) is 15.7. The van der Waals surface area contributed by atoms with E-state index in [9.17, 15) is 23.2 Å². The molecule has 0 aliphatic carbocycles. The number of hydrazone groups is 1. The quantitative estimate of drug-likeness (QED) is 0.797. The summed E-state index contributed by atoms with van der Waals surface area (Å²) in [6, 6.07) is 8.35. The minimum Gasteiger partial charge on any atom is -0.465 e. The van der Waals surface area contributed by atoms with Crippen molar-refractivity contribution in [2.75, 3.05) is 17.4 Å². The number of methoxy groups -OCH3 is 1. The molecule has 0 saturated carbocycles. The molecule has 0 spiro atoms. The first-order valence-electron chi connectivity index (χ1n) is 8.66. The van der Waals surface area contributed by atoms with Crippen molar-refractivity contribution in [1.82, 2.24) is 0 Å². The van der Waals surface area contributed by atoms with Crippen LogP contribution >= 0.6 is 0 Å². The molecule has 1 heterocycles. The van der Waals surface area contributed by atoms with Crippen LogP contribution in [0.15, 0.2) is 41.5 Å². The highest BCUT2D eigenvalue weighted by molar-refractivity contribution is 6.44. The Bertz CT molecular complexity index is 1040. The summed E-state index contributed by atoms with van der Waals surface area (Å²) in [5.74, 6) is -4.24. The third-order valence-electron chi connectivity index (χ3n) is 4.25. The molecule has 0 saturated heterocycles. The second-order valence-electron chi connectivity index (χ2n) is 6.35. The summed E-state index contributed by atoms with van der Waals surface area (Å²) in [5.41, 5.74) is 0.478. The second-order valence-corrected chi connectivity index (χ2v) is 6.35. The smallest absolute Gasteiger partial charge is 0.340 e. The van der Waals surface area contributed by atoms with E-state index in [0.29, 0.717) is 11.8 Å². The van der Waals surface area contributed by atoms with Gasteiger partial charge in [-0.3, -0.25) is 9.59 Å². The summed E-state index contributed by atoms with van der Waals surface area (Å²) in [7, 11) is 1.05. The predicted molar refractivity (Wildman–Crippen MR) is 102 cm³/mol. The zero-order chi connectivity index (χ0) is 21.1. The van der Waals surface area contributed by atoms with E-state index in [-0.39, 0.29) is 24.5 Å². The maximum absolute atomic E-state index is 14.1. The van der Waals surface area contributed by atoms with E-state index >= 15 is 0 Å². The van der Waals surface area contributed by atoms with Crippen LogP contribution in [0.3, 0.4) is 0 Å². The molecular weight excluding hydrogens is 384 g/mol. The van der Waals surface area contributed by atoms with Gasteiger partial charge < -0.3 is 10.1 Å². The van der Waals surface area contributed by atoms with Crippen molar-refractivity contribution in [3.63, 3.8) is 0 Å². The number of ether oxygens (including phenoxy) is 1. The van der Waals surface area contributed by atoms with Crippen molar-refractivity contribution in [2.24, 2.45) is 5.10 Å². The van der Waals surface area contributed by atoms with Gasteiger partial charge in [0.2, 0.25) is 5.91 Å². The van der Waals surface area contributed by atoms with Crippen molar-refractivity contribution >= 4 is 34.9 Å². The Labute approximate surface area is 165 Å². The third kappa shape index (κ3) is 4.29. The molecule has 150 valence electrons. The Morgan fingerprint density at radius 1 is 1.14 bits per heavy atom. The van der Waals surface area contributed by atoms with Crippen molar-refractivity contribution in [3.8, 4) is 0 Å². The van der Waals surface area contributed by atoms with Crippen molar-refractivity contribution in [3.05, 3.63) is 59.2 Å². The van der Waals surface area contributed by atoms with Crippen molar-refractivity contribution < 1.29 is 27.9 Å². The number of hydrogen-bond donors (Lipinski definition) is 1. The van der Waals surface area contributed by atoms with Crippen molar-refractivity contribution in [1.29, 1.82) is 0 Å². The number of nitrogens with zero attached hydrogens (tertiary/aromatic N) is 2. The predicted octanol–water partition coefficient (Wildman–Crippen LogP) is 3.18. The molecule has 0 aromatic heterocycles. The Hall–Kier alpha value is -3.62. The molecule has 2 aromatic carbocycles. The molecule has 0 atom stereocenters. The SMILES string of the molecule is COC(=O)c1cc(NC(=O)C2=NN(c3cccc(C)c3)C(=O)CC2)c(F)cc1F. The highest BCUT2D eigenvalue weighted by Gasteiger charge is 2.27. The number of hydrogen-bond acceptors (Lipinski definition) is 5. The first kappa shape index (κ1) is 20.1. The zero-order valence-corrected chi connectivity index (χ0v) is 15.7. The molecule has 3 rings (SSSR count). The number of aryl methyl sites for hydroxylation is 1. The van der Waals surface area contributed by atoms with Crippen molar-refractivity contribution in [2.45, 2.75) is 19.8 Å². The molecule has 1 N–H and O–H groups in total. The van der Waals surface area contributed by atoms with Crippen LogP contribution in [-0.4, -0.2) is 30.6 Å². The van der Waals surface area contributed by atoms with Crippen LogP contribution in [-0.2, 0) is 14.3 Å². The Morgan fingerprint density at radius 3 is 2.59 bits per heavy atom. The van der Waals surface area contributed by atoms with Gasteiger partial charge in [0.05, 0.1) is 24.0 Å². The summed E-state index contributed by atoms with van der Waals surface area (Å²) in [6.45, 7) is 1.85. The number of nitrogens with one attached hydrogen (secondary N) is 1. The van der Waals surface area contributed by atoms with Crippen LogP contribution in [0.4, 0.5) is 20.2 Å². The lowest BCUT2D eigenvalue weighted by atomic mass is 10.1. The summed E-state index contributed by atoms with van der Waals surface area (Å²) in [5, 5.41) is 7.48. The number of carbonyl (C=O) groups is 3. The summed E-state index contributed by atoms with van der Waals surface area (Å²) in [6.07, 6.45) is 0.0964. The topological polar surface area (TPSA) is 88.1 Å². The van der Waals surface area contributed by atoms with E-state index in [2.05, 4.69) is 15.2 Å². The number of halogens is 2. The van der Waals surface area contributed by atoms with Gasteiger partial charge in [0, 0.05) is 18.9 Å². The van der Waals surface area contributed by atoms with E-state index in [4.69, 9.17) is 0 Å². The van der Waals surface area contributed by atoms with Crippen LogP contribution in [0.1, 0.15) is 28.8 Å². The van der Waals surface area contributed by atoms with Gasteiger partial charge in [-0.2, -0.15) is 5.10 Å². The maximum atomic E-state index is 14.1. The summed E-state index contributed by atoms with van der Waals surface area (Å²) < 4.78 is 32.3. The number of anilines is 2. The molecule has 1 aliphatic heterocycles. The van der Waals surface area contributed by atoms with Gasteiger partial charge in [-0.15, -0.1) is 0 Å². The van der Waals surface area contributed by atoms with Crippen LogP contribution in [0.2, 0.25) is 0 Å². The van der Waals surface area contributed by atoms with E-state index in [1.54, 1.807) is 18.2 Å². The van der Waals surface area contributed by atoms with Gasteiger partial charge in [-0.05, 0) is 30.7 Å². The molecule has 0 radical (unpaired) electrons. The van der Waals surface area contributed by atoms with Gasteiger partial charge >= 0.3 is 5.97 Å². The van der Waals surface area contributed by atoms with Gasteiger partial charge in [-0.1, -0.05) is 12.1 Å². The van der Waals surface area contributed by atoms with Crippen LogP contribution in [0.25, 0.3) is 0 Å². The number of carbonyl (C=O) groups excluding carboxylic acids is 3. The summed E-state index contributed by atoms with van der Waals surface area (Å²) in [4.78, 5) is 36.3. The Kier molecular flexibility index (Phi) is 5.67. The highest BCUT2D eigenvalue weighted by Crippen LogP contribution is 2.23. The molecular formula is C20H17F2N3O4. The van der Waals surface area contributed by atoms with E-state index in [0.717, 1.165) is 23.7 Å². The fraction of sp³-hybridized carbons (Fsp3) is 0.200. The molecule has 2 aromatic rings. The van der Waals surface area contributed by atoms with Crippen LogP contribution in [0, 0.1) is 18.6 Å². The monoisotopic (exact) mass is 401 g/mol. The van der Waals surface area contributed by atoms with E-state index < -0.39 is 34.8 Å². The van der Waals surface area contributed by atoms with Crippen LogP contribution < -0.4 is 10.3 Å². The standard InChI is InChI=1S/C20H17F2N3O4/c1-11-4-3-5-12(8-11)25-18(26)7-6-16(24-25)19(27)23-17-9-13(20(28)29-2)14(21)10-15(17)22/h3-5,8-10H,6-7H2,1-2H3,(H,23,27). The second kappa shape index (κ2) is 8.17. The molecule has 9 heteroatoms. The van der Waals surface area contributed by atoms with Gasteiger partial charge in [0.1, 0.15) is 17.3 Å². The number of rotatable bonds is 4. The molecule has 0 bridgehead atoms. The fourth-order valence-corrected chi connectivity index (χ4v) is 2.78. The van der Waals surface area contributed by atoms with Gasteiger partial charge in [0.25, 0.3) is 5.91 Å².